The Morgan fingerprint density at radius 2 is 1.95 bits per heavy atom. The molecule has 1 aromatic rings. The number of halogens is 1. The van der Waals surface area contributed by atoms with E-state index < -0.39 is 0 Å². The van der Waals surface area contributed by atoms with Gasteiger partial charge in [-0.25, -0.2) is 0 Å². The van der Waals surface area contributed by atoms with Gasteiger partial charge in [-0.3, -0.25) is 9.69 Å². The van der Waals surface area contributed by atoms with Crippen molar-refractivity contribution in [3.8, 4) is 5.75 Å². The van der Waals surface area contributed by atoms with Crippen molar-refractivity contribution in [1.29, 1.82) is 0 Å². The van der Waals surface area contributed by atoms with E-state index in [1.54, 1.807) is 14.0 Å². The van der Waals surface area contributed by atoms with Crippen LogP contribution in [0.15, 0.2) is 18.2 Å². The summed E-state index contributed by atoms with van der Waals surface area (Å²) in [5.74, 6) is 0.855. The van der Waals surface area contributed by atoms with E-state index in [0.29, 0.717) is 10.8 Å². The summed E-state index contributed by atoms with van der Waals surface area (Å²) in [4.78, 5) is 15.6. The highest BCUT2D eigenvalue weighted by molar-refractivity contribution is 6.32. The molecule has 0 spiro atoms. The lowest BCUT2D eigenvalue weighted by molar-refractivity contribution is -0.130. The lowest BCUT2D eigenvalue weighted by Crippen LogP contribution is -2.48. The molecule has 1 aromatic carbocycles. The standard InChI is InChI=1S/C15H21ClN2O2/c1-11(13-4-5-15(20-3)14(16)10-13)17-6-8-18(9-7-17)12(2)19/h4-5,10-11H,6-9H2,1-3H3. The highest BCUT2D eigenvalue weighted by atomic mass is 35.5. The molecule has 0 aromatic heterocycles. The van der Waals surface area contributed by atoms with Gasteiger partial charge < -0.3 is 9.64 Å². The van der Waals surface area contributed by atoms with Crippen molar-refractivity contribution in [3.63, 3.8) is 0 Å². The number of nitrogens with zero attached hydrogens (tertiary/aromatic N) is 2. The van der Waals surface area contributed by atoms with E-state index in [4.69, 9.17) is 16.3 Å². The second kappa shape index (κ2) is 6.46. The maximum Gasteiger partial charge on any atom is 0.219 e. The van der Waals surface area contributed by atoms with Crippen LogP contribution in [-0.4, -0.2) is 49.0 Å². The van der Waals surface area contributed by atoms with Crippen LogP contribution >= 0.6 is 11.6 Å². The number of methoxy groups -OCH3 is 1. The van der Waals surface area contributed by atoms with E-state index >= 15 is 0 Å². The molecule has 1 unspecified atom stereocenters. The number of carbonyl (C=O) groups excluding carboxylic acids is 1. The third-order valence-corrected chi connectivity index (χ3v) is 4.26. The highest BCUT2D eigenvalue weighted by Crippen LogP contribution is 2.30. The van der Waals surface area contributed by atoms with Crippen LogP contribution in [0.4, 0.5) is 0 Å². The van der Waals surface area contributed by atoms with Gasteiger partial charge >= 0.3 is 0 Å². The zero-order chi connectivity index (χ0) is 14.7. The molecule has 1 aliphatic rings. The third-order valence-electron chi connectivity index (χ3n) is 3.97. The summed E-state index contributed by atoms with van der Waals surface area (Å²) in [6.45, 7) is 7.17. The Morgan fingerprint density at radius 1 is 1.30 bits per heavy atom. The lowest BCUT2D eigenvalue weighted by Gasteiger charge is -2.38. The molecule has 0 aliphatic carbocycles. The molecule has 0 saturated carbocycles. The number of hydrogen-bond acceptors (Lipinski definition) is 3. The van der Waals surface area contributed by atoms with Crippen molar-refractivity contribution >= 4 is 17.5 Å². The average Bonchev–Trinajstić information content (AvgIpc) is 2.46. The molecule has 1 fully saturated rings. The largest absolute Gasteiger partial charge is 0.495 e. The highest BCUT2D eigenvalue weighted by Gasteiger charge is 2.23. The van der Waals surface area contributed by atoms with E-state index in [9.17, 15) is 4.79 Å². The number of piperazine rings is 1. The van der Waals surface area contributed by atoms with Gasteiger partial charge in [0.1, 0.15) is 5.75 Å². The summed E-state index contributed by atoms with van der Waals surface area (Å²) in [6, 6.07) is 6.20. The van der Waals surface area contributed by atoms with Gasteiger partial charge in [0.2, 0.25) is 5.91 Å². The van der Waals surface area contributed by atoms with Crippen molar-refractivity contribution in [2.75, 3.05) is 33.3 Å². The average molecular weight is 297 g/mol. The van der Waals surface area contributed by atoms with Gasteiger partial charge in [-0.2, -0.15) is 0 Å². The molecule has 1 saturated heterocycles. The van der Waals surface area contributed by atoms with Crippen LogP contribution in [0, 0.1) is 0 Å². The van der Waals surface area contributed by atoms with E-state index in [1.807, 2.05) is 23.1 Å². The SMILES string of the molecule is COc1ccc(C(C)N2CCN(C(C)=O)CC2)cc1Cl. The van der Waals surface area contributed by atoms with Crippen molar-refractivity contribution in [2.24, 2.45) is 0 Å². The number of carbonyl (C=O) groups is 1. The van der Waals surface area contributed by atoms with Gasteiger partial charge in [0.25, 0.3) is 0 Å². The predicted octanol–water partition coefficient (Wildman–Crippen LogP) is 2.57. The molecule has 0 bridgehead atoms. The summed E-state index contributed by atoms with van der Waals surface area (Å²) >= 11 is 6.18. The fraction of sp³-hybridized carbons (Fsp3) is 0.533. The molecule has 20 heavy (non-hydrogen) atoms. The van der Waals surface area contributed by atoms with Crippen LogP contribution in [0.25, 0.3) is 0 Å². The second-order valence-corrected chi connectivity index (χ2v) is 5.52. The van der Waals surface area contributed by atoms with Crippen LogP contribution in [0.2, 0.25) is 5.02 Å². The Balaban J connectivity index is 2.03. The van der Waals surface area contributed by atoms with E-state index in [0.717, 1.165) is 26.2 Å². The van der Waals surface area contributed by atoms with Gasteiger partial charge in [-0.1, -0.05) is 17.7 Å². The number of amides is 1. The Morgan fingerprint density at radius 3 is 2.45 bits per heavy atom. The van der Waals surface area contributed by atoms with Crippen molar-refractivity contribution in [2.45, 2.75) is 19.9 Å². The Bertz CT molecular complexity index is 485. The maximum atomic E-state index is 11.3. The van der Waals surface area contributed by atoms with Crippen LogP contribution in [0.5, 0.6) is 5.75 Å². The zero-order valence-corrected chi connectivity index (χ0v) is 13.0. The minimum atomic E-state index is 0.157. The van der Waals surface area contributed by atoms with Gasteiger partial charge in [0.05, 0.1) is 12.1 Å². The quantitative estimate of drug-likeness (QED) is 0.859. The van der Waals surface area contributed by atoms with Gasteiger partial charge in [0, 0.05) is 39.1 Å². The molecule has 1 aliphatic heterocycles. The number of benzene rings is 1. The first-order valence-electron chi connectivity index (χ1n) is 6.86. The molecule has 0 N–H and O–H groups in total. The fourth-order valence-electron chi connectivity index (χ4n) is 2.58. The first-order valence-corrected chi connectivity index (χ1v) is 7.23. The normalized spacial score (nSPS) is 17.9. The van der Waals surface area contributed by atoms with Crippen molar-refractivity contribution in [3.05, 3.63) is 28.8 Å². The summed E-state index contributed by atoms with van der Waals surface area (Å²) < 4.78 is 5.18. The number of hydrogen-bond donors (Lipinski definition) is 0. The smallest absolute Gasteiger partial charge is 0.219 e. The molecule has 1 heterocycles. The van der Waals surface area contributed by atoms with Crippen LogP contribution in [-0.2, 0) is 4.79 Å². The first-order chi connectivity index (χ1) is 9.52. The molecule has 110 valence electrons. The summed E-state index contributed by atoms with van der Waals surface area (Å²) in [7, 11) is 1.62. The minimum Gasteiger partial charge on any atom is -0.495 e. The molecular formula is C15H21ClN2O2. The van der Waals surface area contributed by atoms with E-state index in [1.165, 1.54) is 5.56 Å². The van der Waals surface area contributed by atoms with Crippen LogP contribution in [0.1, 0.15) is 25.5 Å². The van der Waals surface area contributed by atoms with Crippen molar-refractivity contribution < 1.29 is 9.53 Å². The summed E-state index contributed by atoms with van der Waals surface area (Å²) in [5, 5.41) is 0.638. The fourth-order valence-corrected chi connectivity index (χ4v) is 2.84. The molecule has 5 heteroatoms. The molecule has 4 nitrogen and oxygen atoms in total. The predicted molar refractivity (Wildman–Crippen MR) is 80.2 cm³/mol. The summed E-state index contributed by atoms with van der Waals surface area (Å²) in [6.07, 6.45) is 0. The first kappa shape index (κ1) is 15.1. The third kappa shape index (κ3) is 3.25. The Kier molecular flexibility index (Phi) is 4.89. The van der Waals surface area contributed by atoms with Crippen molar-refractivity contribution in [1.82, 2.24) is 9.80 Å². The van der Waals surface area contributed by atoms with Gasteiger partial charge in [-0.05, 0) is 24.6 Å². The van der Waals surface area contributed by atoms with E-state index in [2.05, 4.69) is 11.8 Å². The maximum absolute atomic E-state index is 11.3. The molecular weight excluding hydrogens is 276 g/mol. The van der Waals surface area contributed by atoms with Crippen LogP contribution in [0.3, 0.4) is 0 Å². The molecule has 1 amide bonds. The van der Waals surface area contributed by atoms with Crippen LogP contribution < -0.4 is 4.74 Å². The van der Waals surface area contributed by atoms with Gasteiger partial charge in [0.15, 0.2) is 0 Å². The minimum absolute atomic E-state index is 0.157. The number of ether oxygens (including phenoxy) is 1. The summed E-state index contributed by atoms with van der Waals surface area (Å²) in [5.41, 5.74) is 1.17. The molecule has 1 atom stereocenters. The topological polar surface area (TPSA) is 32.8 Å². The second-order valence-electron chi connectivity index (χ2n) is 5.11. The molecule has 2 rings (SSSR count). The van der Waals surface area contributed by atoms with Gasteiger partial charge in [-0.15, -0.1) is 0 Å². The lowest BCUT2D eigenvalue weighted by atomic mass is 10.1. The monoisotopic (exact) mass is 296 g/mol. The molecule has 0 radical (unpaired) electrons. The Hall–Kier alpha value is -1.26. The zero-order valence-electron chi connectivity index (χ0n) is 12.2. The Labute approximate surface area is 125 Å². The van der Waals surface area contributed by atoms with E-state index in [-0.39, 0.29) is 11.9 Å². The number of rotatable bonds is 3.